The van der Waals surface area contributed by atoms with Gasteiger partial charge in [0.2, 0.25) is 10.0 Å². The molecule has 0 radical (unpaired) electrons. The zero-order chi connectivity index (χ0) is 16.7. The van der Waals surface area contributed by atoms with E-state index in [0.717, 1.165) is 6.07 Å². The van der Waals surface area contributed by atoms with E-state index in [4.69, 9.17) is 0 Å². The fraction of sp³-hybridized carbons (Fsp3) is 0.400. The Morgan fingerprint density at radius 1 is 1.22 bits per heavy atom. The van der Waals surface area contributed by atoms with Gasteiger partial charge in [-0.2, -0.15) is 9.40 Å². The number of nitrogens with zero attached hydrogens (tertiary/aromatic N) is 3. The van der Waals surface area contributed by atoms with Gasteiger partial charge >= 0.3 is 0 Å². The molecule has 1 aliphatic rings. The highest BCUT2D eigenvalue weighted by Gasteiger charge is 2.40. The normalized spacial score (nSPS) is 18.9. The number of halogens is 1. The summed E-state index contributed by atoms with van der Waals surface area (Å²) in [4.78, 5) is -0.328. The molecule has 23 heavy (non-hydrogen) atoms. The molecule has 8 heteroatoms. The third-order valence-corrected chi connectivity index (χ3v) is 6.23. The second-order valence-corrected chi connectivity index (χ2v) is 7.61. The lowest BCUT2D eigenvalue weighted by Crippen LogP contribution is -2.46. The molecule has 1 N–H and O–H groups in total. The summed E-state index contributed by atoms with van der Waals surface area (Å²) < 4.78 is 41.7. The van der Waals surface area contributed by atoms with E-state index >= 15 is 0 Å². The highest BCUT2D eigenvalue weighted by atomic mass is 32.2. The van der Waals surface area contributed by atoms with Gasteiger partial charge in [0.1, 0.15) is 16.3 Å². The van der Waals surface area contributed by atoms with E-state index in [0.29, 0.717) is 5.69 Å². The summed E-state index contributed by atoms with van der Waals surface area (Å²) in [6, 6.07) is 7.05. The maximum atomic E-state index is 13.8. The summed E-state index contributed by atoms with van der Waals surface area (Å²) in [5, 5.41) is 14.8. The van der Waals surface area contributed by atoms with Crippen LogP contribution in [0.3, 0.4) is 0 Å². The quantitative estimate of drug-likeness (QED) is 0.913. The Labute approximate surface area is 134 Å². The van der Waals surface area contributed by atoms with Gasteiger partial charge in [-0.25, -0.2) is 12.8 Å². The Kier molecular flexibility index (Phi) is 3.99. The minimum Gasteiger partial charge on any atom is -0.383 e. The van der Waals surface area contributed by atoms with E-state index in [1.807, 2.05) is 0 Å². The number of piperidine rings is 1. The van der Waals surface area contributed by atoms with Gasteiger partial charge in [0, 0.05) is 26.3 Å². The van der Waals surface area contributed by atoms with Crippen LogP contribution in [0.15, 0.2) is 41.4 Å². The second kappa shape index (κ2) is 5.70. The first-order valence-corrected chi connectivity index (χ1v) is 8.74. The first-order valence-electron chi connectivity index (χ1n) is 7.30. The van der Waals surface area contributed by atoms with Crippen molar-refractivity contribution in [2.45, 2.75) is 23.3 Å². The number of aryl methyl sites for hydroxylation is 1. The number of benzene rings is 1. The molecule has 1 aliphatic heterocycles. The standard InChI is InChI=1S/C15H18FN3O3S/c1-18-14(6-9-17-18)15(20)7-10-19(11-8-15)23(21,22)13-5-3-2-4-12(13)16/h2-6,9,20H,7-8,10-11H2,1H3. The molecule has 2 heterocycles. The van der Waals surface area contributed by atoms with Crippen LogP contribution in [0.2, 0.25) is 0 Å². The number of hydrogen-bond acceptors (Lipinski definition) is 4. The molecule has 1 aromatic carbocycles. The average molecular weight is 339 g/mol. The maximum absolute atomic E-state index is 13.8. The molecule has 2 aromatic rings. The molecule has 1 aromatic heterocycles. The molecule has 0 bridgehead atoms. The largest absolute Gasteiger partial charge is 0.383 e. The number of sulfonamides is 1. The van der Waals surface area contributed by atoms with Gasteiger partial charge in [0.05, 0.1) is 5.69 Å². The molecule has 1 fully saturated rings. The van der Waals surface area contributed by atoms with Crippen LogP contribution in [-0.2, 0) is 22.7 Å². The molecule has 0 saturated carbocycles. The number of aliphatic hydroxyl groups is 1. The van der Waals surface area contributed by atoms with E-state index in [1.165, 1.54) is 22.5 Å². The van der Waals surface area contributed by atoms with Crippen LogP contribution in [0.4, 0.5) is 4.39 Å². The lowest BCUT2D eigenvalue weighted by atomic mass is 9.89. The predicted molar refractivity (Wildman–Crippen MR) is 81.5 cm³/mol. The number of hydrogen-bond donors (Lipinski definition) is 1. The van der Waals surface area contributed by atoms with Crippen molar-refractivity contribution in [3.8, 4) is 0 Å². The monoisotopic (exact) mass is 339 g/mol. The Balaban J connectivity index is 1.82. The van der Waals surface area contributed by atoms with Gasteiger partial charge < -0.3 is 5.11 Å². The van der Waals surface area contributed by atoms with E-state index in [2.05, 4.69) is 5.10 Å². The van der Waals surface area contributed by atoms with Crippen LogP contribution in [0, 0.1) is 5.82 Å². The van der Waals surface area contributed by atoms with Gasteiger partial charge in [-0.15, -0.1) is 0 Å². The Morgan fingerprint density at radius 2 is 1.87 bits per heavy atom. The third kappa shape index (κ3) is 2.77. The summed E-state index contributed by atoms with van der Waals surface area (Å²) >= 11 is 0. The first kappa shape index (κ1) is 16.1. The van der Waals surface area contributed by atoms with Crippen LogP contribution in [-0.4, -0.2) is 40.7 Å². The molecule has 124 valence electrons. The fourth-order valence-electron chi connectivity index (χ4n) is 2.98. The lowest BCUT2D eigenvalue weighted by molar-refractivity contribution is -0.0165. The Hall–Kier alpha value is -1.77. The summed E-state index contributed by atoms with van der Waals surface area (Å²) in [5.41, 5.74) is -0.465. The maximum Gasteiger partial charge on any atom is 0.245 e. The van der Waals surface area contributed by atoms with Crippen LogP contribution < -0.4 is 0 Å². The van der Waals surface area contributed by atoms with Crippen molar-refractivity contribution >= 4 is 10.0 Å². The van der Waals surface area contributed by atoms with Crippen molar-refractivity contribution in [3.63, 3.8) is 0 Å². The van der Waals surface area contributed by atoms with Gasteiger partial charge in [0.15, 0.2) is 0 Å². The predicted octanol–water partition coefficient (Wildman–Crippen LogP) is 1.23. The van der Waals surface area contributed by atoms with Crippen molar-refractivity contribution in [1.82, 2.24) is 14.1 Å². The topological polar surface area (TPSA) is 75.4 Å². The molecule has 0 unspecified atom stereocenters. The summed E-state index contributed by atoms with van der Waals surface area (Å²) in [7, 11) is -2.17. The minimum absolute atomic E-state index is 0.123. The SMILES string of the molecule is Cn1nccc1C1(O)CCN(S(=O)(=O)c2ccccc2F)CC1. The average Bonchev–Trinajstić information content (AvgIpc) is 2.95. The van der Waals surface area contributed by atoms with Crippen LogP contribution in [0.5, 0.6) is 0 Å². The van der Waals surface area contributed by atoms with Crippen molar-refractivity contribution in [3.05, 3.63) is 48.0 Å². The van der Waals surface area contributed by atoms with Gasteiger partial charge in [-0.05, 0) is 31.0 Å². The lowest BCUT2D eigenvalue weighted by Gasteiger charge is -2.37. The molecule has 6 nitrogen and oxygen atoms in total. The Bertz CT molecular complexity index is 811. The molecule has 0 spiro atoms. The van der Waals surface area contributed by atoms with E-state index < -0.39 is 21.4 Å². The van der Waals surface area contributed by atoms with Gasteiger partial charge in [-0.3, -0.25) is 4.68 Å². The zero-order valence-electron chi connectivity index (χ0n) is 12.7. The third-order valence-electron chi connectivity index (χ3n) is 4.30. The fourth-order valence-corrected chi connectivity index (χ4v) is 4.48. The molecule has 3 rings (SSSR count). The summed E-state index contributed by atoms with van der Waals surface area (Å²) in [6.07, 6.45) is 2.07. The molecule has 0 amide bonds. The van der Waals surface area contributed by atoms with Crippen LogP contribution >= 0.6 is 0 Å². The highest BCUT2D eigenvalue weighted by molar-refractivity contribution is 7.89. The molecule has 0 aliphatic carbocycles. The Morgan fingerprint density at radius 3 is 2.43 bits per heavy atom. The van der Waals surface area contributed by atoms with Crippen LogP contribution in [0.1, 0.15) is 18.5 Å². The van der Waals surface area contributed by atoms with Crippen LogP contribution in [0.25, 0.3) is 0 Å². The molecular formula is C15H18FN3O3S. The minimum atomic E-state index is -3.90. The zero-order valence-corrected chi connectivity index (χ0v) is 13.5. The number of aromatic nitrogens is 2. The van der Waals surface area contributed by atoms with Crippen molar-refractivity contribution < 1.29 is 17.9 Å². The van der Waals surface area contributed by atoms with Gasteiger partial charge in [0.25, 0.3) is 0 Å². The van der Waals surface area contributed by atoms with E-state index in [1.54, 1.807) is 24.0 Å². The number of rotatable bonds is 3. The van der Waals surface area contributed by atoms with Crippen molar-refractivity contribution in [2.24, 2.45) is 7.05 Å². The molecule has 1 saturated heterocycles. The molecule has 0 atom stereocenters. The molecular weight excluding hydrogens is 321 g/mol. The summed E-state index contributed by atoms with van der Waals surface area (Å²) in [6.45, 7) is 0.247. The van der Waals surface area contributed by atoms with Gasteiger partial charge in [-0.1, -0.05) is 12.1 Å². The van der Waals surface area contributed by atoms with Crippen molar-refractivity contribution in [1.29, 1.82) is 0 Å². The van der Waals surface area contributed by atoms with Crippen molar-refractivity contribution in [2.75, 3.05) is 13.1 Å². The smallest absolute Gasteiger partial charge is 0.245 e. The second-order valence-electron chi connectivity index (χ2n) is 5.71. The highest BCUT2D eigenvalue weighted by Crippen LogP contribution is 2.34. The van der Waals surface area contributed by atoms with E-state index in [9.17, 15) is 17.9 Å². The van der Waals surface area contributed by atoms with E-state index in [-0.39, 0.29) is 30.8 Å². The summed E-state index contributed by atoms with van der Waals surface area (Å²) in [5.74, 6) is -0.764. The first-order chi connectivity index (χ1) is 10.8.